The largest absolute Gasteiger partial charge is 0.480 e. The molecule has 2 atom stereocenters. The average Bonchev–Trinajstić information content (AvgIpc) is 3.09. The number of carboxylic acids is 1. The third-order valence-electron chi connectivity index (χ3n) is 5.64. The monoisotopic (exact) mass is 539 g/mol. The number of carbonyl (C=O) groups excluding carboxylic acids is 4. The molecule has 4 amide bonds. The first kappa shape index (κ1) is 30.1. The molecule has 13 heteroatoms. The van der Waals surface area contributed by atoms with E-state index in [9.17, 15) is 33.6 Å². The molecule has 0 saturated heterocycles. The number of aliphatic carboxylic acids is 1. The van der Waals surface area contributed by atoms with E-state index in [0.717, 1.165) is 4.90 Å². The zero-order valence-corrected chi connectivity index (χ0v) is 22.1. The van der Waals surface area contributed by atoms with Crippen LogP contribution in [0.5, 0.6) is 0 Å². The molecule has 1 aliphatic rings. The van der Waals surface area contributed by atoms with Gasteiger partial charge in [0.2, 0.25) is 11.8 Å². The molecule has 0 fully saturated rings. The molecule has 0 spiro atoms. The molecule has 0 aliphatic carbocycles. The number of benzene rings is 1. The molecule has 0 radical (unpaired) electrons. The van der Waals surface area contributed by atoms with Crippen molar-refractivity contribution < 1.29 is 42.7 Å². The summed E-state index contributed by atoms with van der Waals surface area (Å²) in [5.41, 5.74) is 0.728. The van der Waals surface area contributed by atoms with E-state index in [-0.39, 0.29) is 50.6 Å². The number of rotatable bonds is 16. The highest BCUT2D eigenvalue weighted by molar-refractivity contribution is 7.53. The second-order valence-corrected chi connectivity index (χ2v) is 10.6. The van der Waals surface area contributed by atoms with Crippen LogP contribution < -0.4 is 10.6 Å². The summed E-state index contributed by atoms with van der Waals surface area (Å²) in [6.45, 7) is 5.11. The lowest BCUT2D eigenvalue weighted by Crippen LogP contribution is -2.50. The van der Waals surface area contributed by atoms with Crippen molar-refractivity contribution in [3.8, 4) is 0 Å². The normalized spacial score (nSPS) is 14.7. The zero-order valence-electron chi connectivity index (χ0n) is 21.2. The maximum atomic E-state index is 12.6. The maximum absolute atomic E-state index is 12.6. The Morgan fingerprint density at radius 3 is 2.08 bits per heavy atom. The summed E-state index contributed by atoms with van der Waals surface area (Å²) in [7, 11) is -3.48. The Hall–Kier alpha value is -3.08. The number of imide groups is 1. The number of nitrogens with one attached hydrogen (secondary N) is 2. The fourth-order valence-corrected chi connectivity index (χ4v) is 5.47. The smallest absolute Gasteiger partial charge is 0.330 e. The summed E-state index contributed by atoms with van der Waals surface area (Å²) in [5.74, 6) is -3.19. The maximum Gasteiger partial charge on any atom is 0.330 e. The Kier molecular flexibility index (Phi) is 11.4. The summed E-state index contributed by atoms with van der Waals surface area (Å²) in [6, 6.07) is 4.21. The Morgan fingerprint density at radius 2 is 1.57 bits per heavy atom. The predicted molar refractivity (Wildman–Crippen MR) is 133 cm³/mol. The molecule has 0 aromatic heterocycles. The molecule has 0 saturated carbocycles. The zero-order chi connectivity index (χ0) is 27.6. The molecule has 1 aliphatic heterocycles. The van der Waals surface area contributed by atoms with Gasteiger partial charge in [0.05, 0.1) is 30.5 Å². The topological polar surface area (TPSA) is 168 Å². The SMILES string of the molecule is CCOP(=O)(CCC(NC(=O)[C@H](C)NC(=O)CCCCN1C(=O)c2ccccc2C1=O)C(=O)O)OCC. The van der Waals surface area contributed by atoms with Crippen molar-refractivity contribution in [2.24, 2.45) is 0 Å². The van der Waals surface area contributed by atoms with E-state index in [1.54, 1.807) is 38.1 Å². The van der Waals surface area contributed by atoms with Crippen LogP contribution in [0.2, 0.25) is 0 Å². The fourth-order valence-electron chi connectivity index (χ4n) is 3.78. The van der Waals surface area contributed by atoms with Crippen molar-refractivity contribution in [1.82, 2.24) is 15.5 Å². The third kappa shape index (κ3) is 8.48. The second-order valence-electron chi connectivity index (χ2n) is 8.41. The number of carboxylic acid groups (broad SMARTS) is 1. The Bertz CT molecular complexity index is 1020. The first-order valence-corrected chi connectivity index (χ1v) is 13.9. The quantitative estimate of drug-likeness (QED) is 0.162. The van der Waals surface area contributed by atoms with E-state index in [1.807, 2.05) is 0 Å². The van der Waals surface area contributed by atoms with E-state index in [0.29, 0.717) is 24.0 Å². The van der Waals surface area contributed by atoms with Gasteiger partial charge in [-0.1, -0.05) is 12.1 Å². The lowest BCUT2D eigenvalue weighted by molar-refractivity contribution is -0.142. The van der Waals surface area contributed by atoms with Gasteiger partial charge in [-0.05, 0) is 52.2 Å². The Balaban J connectivity index is 1.76. The molecule has 1 aromatic carbocycles. The van der Waals surface area contributed by atoms with E-state index >= 15 is 0 Å². The highest BCUT2D eigenvalue weighted by atomic mass is 31.2. The number of hydrogen-bond donors (Lipinski definition) is 3. The van der Waals surface area contributed by atoms with Crippen LogP contribution in [0.15, 0.2) is 24.3 Å². The van der Waals surface area contributed by atoms with E-state index in [2.05, 4.69) is 10.6 Å². The molecular weight excluding hydrogens is 505 g/mol. The Morgan fingerprint density at radius 1 is 1.00 bits per heavy atom. The van der Waals surface area contributed by atoms with Crippen LogP contribution in [-0.2, 0) is 28.0 Å². The molecule has 2 rings (SSSR count). The molecule has 1 heterocycles. The van der Waals surface area contributed by atoms with Gasteiger partial charge in [-0.3, -0.25) is 28.6 Å². The van der Waals surface area contributed by atoms with E-state index < -0.39 is 37.5 Å². The van der Waals surface area contributed by atoms with Gasteiger partial charge < -0.3 is 24.8 Å². The van der Waals surface area contributed by atoms with Crippen LogP contribution in [0.1, 0.15) is 67.2 Å². The van der Waals surface area contributed by atoms with Crippen LogP contribution in [-0.4, -0.2) is 77.6 Å². The van der Waals surface area contributed by atoms with Crippen molar-refractivity contribution in [3.63, 3.8) is 0 Å². The molecule has 3 N–H and O–H groups in total. The minimum atomic E-state index is -3.48. The summed E-state index contributed by atoms with van der Waals surface area (Å²) in [6.07, 6.45) is 0.446. The third-order valence-corrected chi connectivity index (χ3v) is 7.75. The van der Waals surface area contributed by atoms with Gasteiger partial charge in [0, 0.05) is 13.0 Å². The summed E-state index contributed by atoms with van der Waals surface area (Å²) >= 11 is 0. The summed E-state index contributed by atoms with van der Waals surface area (Å²) in [5, 5.41) is 14.3. The highest BCUT2D eigenvalue weighted by Crippen LogP contribution is 2.48. The van der Waals surface area contributed by atoms with Gasteiger partial charge in [0.25, 0.3) is 11.8 Å². The number of fused-ring (bicyclic) bond motifs is 1. The minimum Gasteiger partial charge on any atom is -0.480 e. The van der Waals surface area contributed by atoms with Gasteiger partial charge >= 0.3 is 13.6 Å². The van der Waals surface area contributed by atoms with Crippen LogP contribution in [0.4, 0.5) is 0 Å². The van der Waals surface area contributed by atoms with Crippen molar-refractivity contribution >= 4 is 37.2 Å². The van der Waals surface area contributed by atoms with Gasteiger partial charge in [0.1, 0.15) is 12.1 Å². The highest BCUT2D eigenvalue weighted by Gasteiger charge is 2.34. The van der Waals surface area contributed by atoms with Gasteiger partial charge in [-0.25, -0.2) is 4.79 Å². The summed E-state index contributed by atoms with van der Waals surface area (Å²) < 4.78 is 22.8. The fraction of sp³-hybridized carbons (Fsp3) is 0.542. The predicted octanol–water partition coefficient (Wildman–Crippen LogP) is 2.18. The number of nitrogens with zero attached hydrogens (tertiary/aromatic N) is 1. The minimum absolute atomic E-state index is 0.0506. The van der Waals surface area contributed by atoms with Crippen LogP contribution in [0, 0.1) is 0 Å². The molecule has 204 valence electrons. The number of hydrogen-bond acceptors (Lipinski definition) is 8. The van der Waals surface area contributed by atoms with Crippen molar-refractivity contribution in [1.29, 1.82) is 0 Å². The van der Waals surface area contributed by atoms with Gasteiger partial charge in [-0.15, -0.1) is 0 Å². The van der Waals surface area contributed by atoms with Crippen LogP contribution >= 0.6 is 7.60 Å². The molecule has 37 heavy (non-hydrogen) atoms. The van der Waals surface area contributed by atoms with Crippen molar-refractivity contribution in [2.75, 3.05) is 25.9 Å². The average molecular weight is 540 g/mol. The molecular formula is C24H34N3O9P. The second kappa shape index (κ2) is 14.0. The first-order valence-electron chi connectivity index (χ1n) is 12.2. The van der Waals surface area contributed by atoms with Crippen molar-refractivity contribution in [2.45, 2.75) is 58.5 Å². The molecule has 1 unspecified atom stereocenters. The number of unbranched alkanes of at least 4 members (excludes halogenated alkanes) is 1. The van der Waals surface area contributed by atoms with Crippen molar-refractivity contribution in [3.05, 3.63) is 35.4 Å². The number of carbonyl (C=O) groups is 5. The van der Waals surface area contributed by atoms with Gasteiger partial charge in [0.15, 0.2) is 0 Å². The van der Waals surface area contributed by atoms with Crippen LogP contribution in [0.3, 0.4) is 0 Å². The first-order chi connectivity index (χ1) is 17.5. The number of amides is 4. The Labute approximate surface area is 215 Å². The molecule has 1 aromatic rings. The lowest BCUT2D eigenvalue weighted by Gasteiger charge is -2.21. The standard InChI is InChI=1S/C24H34N3O9P/c1-4-35-37(34,36-5-2)15-13-19(24(32)33)26-21(29)16(3)25-20(28)12-8-9-14-27-22(30)17-10-6-7-11-18(17)23(27)31/h6-7,10-11,16,19H,4-5,8-9,12-15H2,1-3H3,(H,25,28)(H,26,29)(H,32,33)/t16-,19?/m0/s1. The van der Waals surface area contributed by atoms with Crippen LogP contribution in [0.25, 0.3) is 0 Å². The molecule has 12 nitrogen and oxygen atoms in total. The van der Waals surface area contributed by atoms with E-state index in [4.69, 9.17) is 9.05 Å². The summed E-state index contributed by atoms with van der Waals surface area (Å²) in [4.78, 5) is 62.2. The van der Waals surface area contributed by atoms with Gasteiger partial charge in [-0.2, -0.15) is 0 Å². The van der Waals surface area contributed by atoms with E-state index in [1.165, 1.54) is 6.92 Å². The molecule has 0 bridgehead atoms. The lowest BCUT2D eigenvalue weighted by atomic mass is 10.1.